The second-order valence-corrected chi connectivity index (χ2v) is 6.69. The van der Waals surface area contributed by atoms with Crippen molar-refractivity contribution in [3.63, 3.8) is 0 Å². The monoisotopic (exact) mass is 397 g/mol. The van der Waals surface area contributed by atoms with Gasteiger partial charge in [0.05, 0.1) is 4.92 Å². The number of benzene rings is 2. The fourth-order valence-electron chi connectivity index (χ4n) is 3.10. The highest BCUT2D eigenvalue weighted by atomic mass is 19.1. The number of likely N-dealkylation sites (tertiary alicyclic amines) is 1. The van der Waals surface area contributed by atoms with Crippen molar-refractivity contribution in [1.29, 1.82) is 0 Å². The van der Waals surface area contributed by atoms with Gasteiger partial charge in [-0.15, -0.1) is 0 Å². The number of nitrogens with zero attached hydrogens (tertiary/aromatic N) is 2. The van der Waals surface area contributed by atoms with Crippen molar-refractivity contribution in [2.45, 2.75) is 19.3 Å². The number of piperidine rings is 1. The average molecular weight is 397 g/mol. The van der Waals surface area contributed by atoms with Gasteiger partial charge in [0, 0.05) is 36.3 Å². The second kappa shape index (κ2) is 9.09. The maximum Gasteiger partial charge on any atom is 0.270 e. The van der Waals surface area contributed by atoms with Gasteiger partial charge in [-0.25, -0.2) is 4.39 Å². The summed E-state index contributed by atoms with van der Waals surface area (Å²) in [4.78, 5) is 37.4. The van der Waals surface area contributed by atoms with Gasteiger partial charge < -0.3 is 10.2 Å². The van der Waals surface area contributed by atoms with E-state index in [9.17, 15) is 24.1 Å². The molecule has 3 rings (SSSR count). The first kappa shape index (κ1) is 20.2. The maximum atomic E-state index is 14.1. The van der Waals surface area contributed by atoms with Crippen LogP contribution in [-0.4, -0.2) is 34.7 Å². The number of nitrogens with one attached hydrogen (secondary N) is 1. The van der Waals surface area contributed by atoms with Crippen LogP contribution in [0.5, 0.6) is 0 Å². The molecule has 1 heterocycles. The van der Waals surface area contributed by atoms with E-state index in [0.29, 0.717) is 13.1 Å². The van der Waals surface area contributed by atoms with Crippen molar-refractivity contribution in [1.82, 2.24) is 10.2 Å². The molecule has 1 aliphatic rings. The molecule has 150 valence electrons. The van der Waals surface area contributed by atoms with Gasteiger partial charge in [0.15, 0.2) is 0 Å². The number of carbonyl (C=O) groups is 2. The molecule has 0 saturated carbocycles. The zero-order chi connectivity index (χ0) is 20.8. The van der Waals surface area contributed by atoms with Crippen LogP contribution in [0.3, 0.4) is 0 Å². The highest BCUT2D eigenvalue weighted by Gasteiger charge is 2.23. The van der Waals surface area contributed by atoms with E-state index in [1.165, 1.54) is 48.5 Å². The van der Waals surface area contributed by atoms with Crippen LogP contribution in [0.2, 0.25) is 0 Å². The van der Waals surface area contributed by atoms with E-state index in [4.69, 9.17) is 0 Å². The Labute approximate surface area is 167 Å². The van der Waals surface area contributed by atoms with Crippen LogP contribution in [0.15, 0.2) is 54.2 Å². The molecule has 1 saturated heterocycles. The minimum Gasteiger partial charge on any atom is -0.337 e. The number of halogens is 1. The average Bonchev–Trinajstić information content (AvgIpc) is 2.75. The van der Waals surface area contributed by atoms with E-state index in [0.717, 1.165) is 19.3 Å². The van der Waals surface area contributed by atoms with Crippen LogP contribution in [-0.2, 0) is 4.79 Å². The molecule has 0 bridgehead atoms. The lowest BCUT2D eigenvalue weighted by molar-refractivity contribution is -0.384. The first-order chi connectivity index (χ1) is 14.0. The van der Waals surface area contributed by atoms with E-state index in [1.807, 2.05) is 0 Å². The first-order valence-corrected chi connectivity index (χ1v) is 9.27. The Kier molecular flexibility index (Phi) is 6.33. The van der Waals surface area contributed by atoms with Gasteiger partial charge in [0.25, 0.3) is 17.5 Å². The fourth-order valence-corrected chi connectivity index (χ4v) is 3.10. The summed E-state index contributed by atoms with van der Waals surface area (Å²) in [5, 5.41) is 13.3. The van der Waals surface area contributed by atoms with Gasteiger partial charge in [-0.3, -0.25) is 19.7 Å². The molecule has 2 aromatic rings. The van der Waals surface area contributed by atoms with Crippen LogP contribution < -0.4 is 5.32 Å². The lowest BCUT2D eigenvalue weighted by Crippen LogP contribution is -2.41. The number of nitro benzene ring substituents is 1. The zero-order valence-corrected chi connectivity index (χ0v) is 15.6. The van der Waals surface area contributed by atoms with E-state index in [2.05, 4.69) is 5.32 Å². The summed E-state index contributed by atoms with van der Waals surface area (Å²) in [6, 6.07) is 11.0. The zero-order valence-electron chi connectivity index (χ0n) is 15.6. The molecule has 29 heavy (non-hydrogen) atoms. The molecule has 1 fully saturated rings. The maximum absolute atomic E-state index is 14.1. The molecule has 1 N–H and O–H groups in total. The second-order valence-electron chi connectivity index (χ2n) is 6.69. The fraction of sp³-hybridized carbons (Fsp3) is 0.238. The number of nitro groups is 1. The van der Waals surface area contributed by atoms with Crippen LogP contribution >= 0.6 is 0 Å². The van der Waals surface area contributed by atoms with Gasteiger partial charge in [-0.2, -0.15) is 0 Å². The highest BCUT2D eigenvalue weighted by Crippen LogP contribution is 2.17. The third kappa shape index (κ3) is 5.04. The predicted molar refractivity (Wildman–Crippen MR) is 105 cm³/mol. The Hall–Kier alpha value is -3.55. The summed E-state index contributed by atoms with van der Waals surface area (Å²) in [5.41, 5.74) is 0.145. The minimum atomic E-state index is -0.604. The molecule has 0 atom stereocenters. The summed E-state index contributed by atoms with van der Waals surface area (Å²) in [6.07, 6.45) is 4.09. The lowest BCUT2D eigenvalue weighted by atomic mass is 10.1. The molecule has 7 nitrogen and oxygen atoms in total. The molecule has 0 aliphatic carbocycles. The van der Waals surface area contributed by atoms with Crippen molar-refractivity contribution >= 4 is 23.6 Å². The Balaban J connectivity index is 1.88. The normalized spacial score (nSPS) is 14.4. The number of rotatable bonds is 5. The minimum absolute atomic E-state index is 0.0413. The van der Waals surface area contributed by atoms with Crippen LogP contribution in [0, 0.1) is 15.9 Å². The largest absolute Gasteiger partial charge is 0.337 e. The molecule has 0 aromatic heterocycles. The van der Waals surface area contributed by atoms with Crippen molar-refractivity contribution in [2.24, 2.45) is 0 Å². The third-order valence-corrected chi connectivity index (χ3v) is 4.67. The highest BCUT2D eigenvalue weighted by molar-refractivity contribution is 6.05. The summed E-state index contributed by atoms with van der Waals surface area (Å²) < 4.78 is 14.1. The molecule has 0 unspecified atom stereocenters. The van der Waals surface area contributed by atoms with Gasteiger partial charge in [0.1, 0.15) is 11.5 Å². The number of carbonyl (C=O) groups excluding carboxylic acids is 2. The van der Waals surface area contributed by atoms with Crippen LogP contribution in [0.4, 0.5) is 10.1 Å². The summed E-state index contributed by atoms with van der Waals surface area (Å²) in [7, 11) is 0. The number of amides is 2. The topological polar surface area (TPSA) is 92.6 Å². The Morgan fingerprint density at radius 1 is 1.03 bits per heavy atom. The molecule has 8 heteroatoms. The van der Waals surface area contributed by atoms with Gasteiger partial charge in [-0.1, -0.05) is 18.2 Å². The molecule has 0 radical (unpaired) electrons. The number of non-ortho nitro benzene ring substituents is 1. The standard InChI is InChI=1S/C21H20FN3O4/c22-18-7-3-2-6-16(18)14-19(21(27)24-12-4-1-5-13-24)23-20(26)15-8-10-17(11-9-15)25(28)29/h2-3,6-11,14H,1,4-5,12-13H2,(H,23,26)/b19-14+. The summed E-state index contributed by atoms with van der Waals surface area (Å²) in [6.45, 7) is 1.14. The van der Waals surface area contributed by atoms with Crippen LogP contribution in [0.1, 0.15) is 35.2 Å². The third-order valence-electron chi connectivity index (χ3n) is 4.67. The molecule has 0 spiro atoms. The van der Waals surface area contributed by atoms with E-state index in [1.54, 1.807) is 11.0 Å². The van der Waals surface area contributed by atoms with Crippen molar-refractivity contribution < 1.29 is 18.9 Å². The van der Waals surface area contributed by atoms with Crippen molar-refractivity contribution in [2.75, 3.05) is 13.1 Å². The Bertz CT molecular complexity index is 951. The van der Waals surface area contributed by atoms with Crippen molar-refractivity contribution in [3.8, 4) is 0 Å². The van der Waals surface area contributed by atoms with Gasteiger partial charge >= 0.3 is 0 Å². The smallest absolute Gasteiger partial charge is 0.270 e. The summed E-state index contributed by atoms with van der Waals surface area (Å²) >= 11 is 0. The quantitative estimate of drug-likeness (QED) is 0.475. The predicted octanol–water partition coefficient (Wildman–Crippen LogP) is 3.52. The molecule has 1 aliphatic heterocycles. The summed E-state index contributed by atoms with van der Waals surface area (Å²) in [5.74, 6) is -1.50. The van der Waals surface area contributed by atoms with E-state index in [-0.39, 0.29) is 28.4 Å². The van der Waals surface area contributed by atoms with Gasteiger partial charge in [-0.05, 0) is 43.5 Å². The number of hydrogen-bond donors (Lipinski definition) is 1. The molecule has 2 amide bonds. The lowest BCUT2D eigenvalue weighted by Gasteiger charge is -2.27. The Morgan fingerprint density at radius 3 is 2.31 bits per heavy atom. The van der Waals surface area contributed by atoms with E-state index < -0.39 is 16.6 Å². The van der Waals surface area contributed by atoms with Crippen LogP contribution in [0.25, 0.3) is 6.08 Å². The SMILES string of the molecule is O=C(N/C(=C/c1ccccc1F)C(=O)N1CCCCC1)c1ccc([N+](=O)[O-])cc1. The first-order valence-electron chi connectivity index (χ1n) is 9.27. The molecular formula is C21H20FN3O4. The van der Waals surface area contributed by atoms with Gasteiger partial charge in [0.2, 0.25) is 0 Å². The number of hydrogen-bond acceptors (Lipinski definition) is 4. The van der Waals surface area contributed by atoms with E-state index >= 15 is 0 Å². The Morgan fingerprint density at radius 2 is 1.69 bits per heavy atom. The molecule has 2 aromatic carbocycles. The van der Waals surface area contributed by atoms with Crippen molar-refractivity contribution in [3.05, 3.63) is 81.3 Å². The molecular weight excluding hydrogens is 377 g/mol.